The second-order valence-corrected chi connectivity index (χ2v) is 8.74. The van der Waals surface area contributed by atoms with Gasteiger partial charge in [0.1, 0.15) is 0 Å². The molecule has 0 saturated heterocycles. The van der Waals surface area contributed by atoms with Gasteiger partial charge in [0, 0.05) is 26.2 Å². The number of sulfonamides is 1. The van der Waals surface area contributed by atoms with E-state index in [1.54, 1.807) is 31.3 Å². The zero-order valence-electron chi connectivity index (χ0n) is 15.6. The van der Waals surface area contributed by atoms with Crippen molar-refractivity contribution in [1.82, 2.24) is 14.9 Å². The summed E-state index contributed by atoms with van der Waals surface area (Å²) in [6.07, 6.45) is 2.38. The van der Waals surface area contributed by atoms with Gasteiger partial charge in [0.25, 0.3) is 0 Å². The van der Waals surface area contributed by atoms with Gasteiger partial charge in [-0.05, 0) is 44.7 Å². The number of benzene rings is 1. The number of carbonyl (C=O) groups excluding carboxylic acids is 1. The number of carboxylic acid groups (broad SMARTS) is 1. The van der Waals surface area contributed by atoms with Crippen molar-refractivity contribution in [3.8, 4) is 0 Å². The van der Waals surface area contributed by atoms with E-state index in [0.29, 0.717) is 25.7 Å². The van der Waals surface area contributed by atoms with Crippen molar-refractivity contribution in [3.05, 3.63) is 29.8 Å². The van der Waals surface area contributed by atoms with Crippen LogP contribution in [0.2, 0.25) is 0 Å². The Kier molecular flexibility index (Phi) is 7.20. The third-order valence-electron chi connectivity index (χ3n) is 4.82. The maximum atomic E-state index is 12.2. The number of hydrogen-bond donors (Lipinski definition) is 3. The molecular weight excluding hydrogens is 370 g/mol. The summed E-state index contributed by atoms with van der Waals surface area (Å²) in [5.41, 5.74) is 0.975. The molecule has 150 valence electrons. The van der Waals surface area contributed by atoms with E-state index in [9.17, 15) is 18.0 Å². The molecule has 1 fully saturated rings. The van der Waals surface area contributed by atoms with Crippen LogP contribution in [0.15, 0.2) is 29.2 Å². The Morgan fingerprint density at radius 2 is 1.74 bits per heavy atom. The van der Waals surface area contributed by atoms with Gasteiger partial charge in [0.05, 0.1) is 10.8 Å². The first kappa shape index (κ1) is 21.2. The summed E-state index contributed by atoms with van der Waals surface area (Å²) < 4.78 is 26.9. The van der Waals surface area contributed by atoms with Crippen molar-refractivity contribution in [2.45, 2.75) is 43.5 Å². The van der Waals surface area contributed by atoms with Crippen molar-refractivity contribution in [3.63, 3.8) is 0 Å². The quantitative estimate of drug-likeness (QED) is 0.646. The van der Waals surface area contributed by atoms with Crippen LogP contribution in [0.5, 0.6) is 0 Å². The fraction of sp³-hybridized carbons (Fsp3) is 0.556. The van der Waals surface area contributed by atoms with Crippen LogP contribution < -0.4 is 10.0 Å². The van der Waals surface area contributed by atoms with Crippen molar-refractivity contribution in [2.24, 2.45) is 5.92 Å². The second kappa shape index (κ2) is 9.18. The number of likely N-dealkylation sites (N-methyl/N-ethyl adjacent to an activating group) is 1. The average molecular weight is 397 g/mol. The molecule has 27 heavy (non-hydrogen) atoms. The Balaban J connectivity index is 1.75. The van der Waals surface area contributed by atoms with Crippen molar-refractivity contribution >= 4 is 22.0 Å². The summed E-state index contributed by atoms with van der Waals surface area (Å²) in [6, 6.07) is 6.21. The largest absolute Gasteiger partial charge is 0.481 e. The monoisotopic (exact) mass is 397 g/mol. The van der Waals surface area contributed by atoms with Crippen LogP contribution in [0.25, 0.3) is 0 Å². The molecule has 2 amide bonds. The van der Waals surface area contributed by atoms with Crippen LogP contribution in [0.3, 0.4) is 0 Å². The van der Waals surface area contributed by atoms with Crippen LogP contribution in [-0.2, 0) is 14.8 Å². The lowest BCUT2D eigenvalue weighted by molar-refractivity contribution is -0.142. The number of nitrogens with one attached hydrogen (secondary N) is 2. The van der Waals surface area contributed by atoms with Gasteiger partial charge in [-0.25, -0.2) is 17.9 Å². The SMILES string of the molecule is Cc1ccc(S(=O)(=O)NCCN(C)C(=O)NC2CCC(C(=O)O)CC2)cc1. The minimum Gasteiger partial charge on any atom is -0.481 e. The Labute approximate surface area is 160 Å². The summed E-state index contributed by atoms with van der Waals surface area (Å²) >= 11 is 0. The summed E-state index contributed by atoms with van der Waals surface area (Å²) in [6.45, 7) is 2.21. The Morgan fingerprint density at radius 3 is 2.30 bits per heavy atom. The number of rotatable bonds is 7. The molecule has 0 bridgehead atoms. The summed E-state index contributed by atoms with van der Waals surface area (Å²) in [7, 11) is -2.01. The molecule has 2 rings (SSSR count). The number of amides is 2. The molecule has 8 nitrogen and oxygen atoms in total. The number of aryl methyl sites for hydroxylation is 1. The topological polar surface area (TPSA) is 116 Å². The van der Waals surface area contributed by atoms with E-state index in [1.807, 2.05) is 6.92 Å². The molecule has 1 saturated carbocycles. The number of aliphatic carboxylic acids is 1. The predicted molar refractivity (Wildman–Crippen MR) is 101 cm³/mol. The molecule has 1 aromatic rings. The summed E-state index contributed by atoms with van der Waals surface area (Å²) in [5.74, 6) is -1.11. The van der Waals surface area contributed by atoms with E-state index >= 15 is 0 Å². The van der Waals surface area contributed by atoms with Gasteiger partial charge in [-0.2, -0.15) is 0 Å². The summed E-state index contributed by atoms with van der Waals surface area (Å²) in [4.78, 5) is 24.8. The standard InChI is InChI=1S/C18H27N3O5S/c1-13-3-9-16(10-4-13)27(25,26)19-11-12-21(2)18(24)20-15-7-5-14(6-8-15)17(22)23/h3-4,9-10,14-15,19H,5-8,11-12H2,1-2H3,(H,20,24)(H,22,23). The number of urea groups is 1. The maximum Gasteiger partial charge on any atom is 0.317 e. The van der Waals surface area contributed by atoms with Crippen molar-refractivity contribution < 1.29 is 23.1 Å². The van der Waals surface area contributed by atoms with E-state index in [0.717, 1.165) is 5.56 Å². The Hall–Kier alpha value is -2.13. The highest BCUT2D eigenvalue weighted by atomic mass is 32.2. The van der Waals surface area contributed by atoms with Gasteiger partial charge >= 0.3 is 12.0 Å². The zero-order valence-corrected chi connectivity index (χ0v) is 16.5. The van der Waals surface area contributed by atoms with E-state index < -0.39 is 16.0 Å². The molecule has 0 spiro atoms. The Bertz CT molecular complexity index is 756. The first-order chi connectivity index (χ1) is 12.7. The Morgan fingerprint density at radius 1 is 1.15 bits per heavy atom. The predicted octanol–water partition coefficient (Wildman–Crippen LogP) is 1.56. The van der Waals surface area contributed by atoms with E-state index in [1.165, 1.54) is 4.90 Å². The molecule has 0 atom stereocenters. The summed E-state index contributed by atoms with van der Waals surface area (Å²) in [5, 5.41) is 11.9. The number of carbonyl (C=O) groups is 2. The van der Waals surface area contributed by atoms with Crippen LogP contribution in [0.1, 0.15) is 31.2 Å². The number of carboxylic acids is 1. The smallest absolute Gasteiger partial charge is 0.317 e. The third kappa shape index (κ3) is 6.21. The first-order valence-electron chi connectivity index (χ1n) is 9.00. The molecule has 0 unspecified atom stereocenters. The molecule has 3 N–H and O–H groups in total. The van der Waals surface area contributed by atoms with Gasteiger partial charge in [-0.1, -0.05) is 17.7 Å². The molecule has 0 radical (unpaired) electrons. The van der Waals surface area contributed by atoms with Crippen molar-refractivity contribution in [1.29, 1.82) is 0 Å². The fourth-order valence-corrected chi connectivity index (χ4v) is 4.04. The normalized spacial score (nSPS) is 20.1. The molecule has 0 aromatic heterocycles. The lowest BCUT2D eigenvalue weighted by Crippen LogP contribution is -2.46. The maximum absolute atomic E-state index is 12.2. The van der Waals surface area contributed by atoms with Crippen LogP contribution in [0.4, 0.5) is 4.79 Å². The second-order valence-electron chi connectivity index (χ2n) is 6.97. The van der Waals surface area contributed by atoms with E-state index in [-0.39, 0.29) is 36.0 Å². The minimum absolute atomic E-state index is 0.0419. The fourth-order valence-electron chi connectivity index (χ4n) is 3.02. The van der Waals surface area contributed by atoms with Gasteiger partial charge in [-0.3, -0.25) is 4.79 Å². The lowest BCUT2D eigenvalue weighted by Gasteiger charge is -2.28. The highest BCUT2D eigenvalue weighted by Crippen LogP contribution is 2.24. The lowest BCUT2D eigenvalue weighted by atomic mass is 9.86. The van der Waals surface area contributed by atoms with Gasteiger partial charge in [-0.15, -0.1) is 0 Å². The highest BCUT2D eigenvalue weighted by molar-refractivity contribution is 7.89. The van der Waals surface area contributed by atoms with E-state index in [2.05, 4.69) is 10.0 Å². The van der Waals surface area contributed by atoms with Crippen LogP contribution in [0, 0.1) is 12.8 Å². The van der Waals surface area contributed by atoms with Gasteiger partial charge in [0.15, 0.2) is 0 Å². The highest BCUT2D eigenvalue weighted by Gasteiger charge is 2.27. The molecule has 0 heterocycles. The molecular formula is C18H27N3O5S. The van der Waals surface area contributed by atoms with Crippen molar-refractivity contribution in [2.75, 3.05) is 20.1 Å². The molecule has 1 aliphatic carbocycles. The molecule has 1 aliphatic rings. The molecule has 9 heteroatoms. The molecule has 1 aromatic carbocycles. The average Bonchev–Trinajstić information content (AvgIpc) is 2.62. The van der Waals surface area contributed by atoms with Gasteiger partial charge < -0.3 is 15.3 Å². The zero-order chi connectivity index (χ0) is 20.0. The minimum atomic E-state index is -3.60. The van der Waals surface area contributed by atoms with E-state index in [4.69, 9.17) is 5.11 Å². The number of hydrogen-bond acceptors (Lipinski definition) is 4. The number of nitrogens with zero attached hydrogens (tertiary/aromatic N) is 1. The van der Waals surface area contributed by atoms with Gasteiger partial charge in [0.2, 0.25) is 10.0 Å². The molecule has 0 aliphatic heterocycles. The first-order valence-corrected chi connectivity index (χ1v) is 10.5. The van der Waals surface area contributed by atoms with Crippen LogP contribution in [-0.4, -0.2) is 56.6 Å². The van der Waals surface area contributed by atoms with Crippen LogP contribution >= 0.6 is 0 Å². The third-order valence-corrected chi connectivity index (χ3v) is 6.30.